The van der Waals surface area contributed by atoms with Gasteiger partial charge in [0.15, 0.2) is 0 Å². The molecule has 1 amide bonds. The number of likely N-dealkylation sites (tertiary alicyclic amines) is 2. The molecule has 1 aromatic rings. The highest BCUT2D eigenvalue weighted by Crippen LogP contribution is 2.40. The van der Waals surface area contributed by atoms with Gasteiger partial charge < -0.3 is 9.64 Å². The second-order valence-corrected chi connectivity index (χ2v) is 6.90. The molecule has 2 fully saturated rings. The van der Waals surface area contributed by atoms with E-state index in [9.17, 15) is 4.79 Å². The molecule has 3 heterocycles. The largest absolute Gasteiger partial charge is 0.383 e. The first-order chi connectivity index (χ1) is 11.1. The van der Waals surface area contributed by atoms with Gasteiger partial charge in [-0.15, -0.1) is 0 Å². The lowest BCUT2D eigenvalue weighted by atomic mass is 9.78. The number of rotatable bonds is 5. The van der Waals surface area contributed by atoms with Crippen LogP contribution in [0.3, 0.4) is 0 Å². The maximum atomic E-state index is 12.9. The number of methoxy groups -OCH3 is 1. The Morgan fingerprint density at radius 3 is 2.96 bits per heavy atom. The predicted molar refractivity (Wildman–Crippen MR) is 89.0 cm³/mol. The van der Waals surface area contributed by atoms with Crippen LogP contribution in [-0.4, -0.2) is 60.6 Å². The van der Waals surface area contributed by atoms with Crippen molar-refractivity contribution >= 4 is 5.91 Å². The van der Waals surface area contributed by atoms with E-state index in [0.717, 1.165) is 63.4 Å². The summed E-state index contributed by atoms with van der Waals surface area (Å²) in [6.45, 7) is 6.94. The maximum absolute atomic E-state index is 12.9. The minimum atomic E-state index is -0.171. The van der Waals surface area contributed by atoms with E-state index in [1.165, 1.54) is 0 Å². The summed E-state index contributed by atoms with van der Waals surface area (Å²) in [5.74, 6) is 0.334. The molecule has 1 atom stereocenters. The van der Waals surface area contributed by atoms with Crippen molar-refractivity contribution in [3.8, 4) is 0 Å². The third kappa shape index (κ3) is 3.56. The van der Waals surface area contributed by atoms with Gasteiger partial charge in [-0.1, -0.05) is 6.07 Å². The van der Waals surface area contributed by atoms with Crippen molar-refractivity contribution in [3.63, 3.8) is 0 Å². The summed E-state index contributed by atoms with van der Waals surface area (Å²) in [5, 5.41) is 0. The van der Waals surface area contributed by atoms with Crippen LogP contribution < -0.4 is 0 Å². The molecule has 2 saturated heterocycles. The minimum Gasteiger partial charge on any atom is -0.383 e. The summed E-state index contributed by atoms with van der Waals surface area (Å²) in [7, 11) is 1.69. The second kappa shape index (κ2) is 6.97. The molecule has 5 nitrogen and oxygen atoms in total. The van der Waals surface area contributed by atoms with E-state index in [0.29, 0.717) is 12.5 Å². The van der Waals surface area contributed by atoms with Crippen LogP contribution in [0.4, 0.5) is 0 Å². The van der Waals surface area contributed by atoms with Crippen LogP contribution in [0, 0.1) is 12.3 Å². The number of piperidine rings is 1. The summed E-state index contributed by atoms with van der Waals surface area (Å²) in [6, 6.07) is 6.15. The molecule has 0 saturated carbocycles. The van der Waals surface area contributed by atoms with Crippen molar-refractivity contribution in [2.75, 3.05) is 39.9 Å². The molecule has 2 aliphatic heterocycles. The van der Waals surface area contributed by atoms with Gasteiger partial charge in [0.2, 0.25) is 5.91 Å². The van der Waals surface area contributed by atoms with Gasteiger partial charge in [0.1, 0.15) is 0 Å². The van der Waals surface area contributed by atoms with Crippen molar-refractivity contribution in [2.24, 2.45) is 5.41 Å². The Bertz CT molecular complexity index is 563. The van der Waals surface area contributed by atoms with Gasteiger partial charge in [0.25, 0.3) is 0 Å². The van der Waals surface area contributed by atoms with Crippen LogP contribution in [0.15, 0.2) is 18.2 Å². The highest BCUT2D eigenvalue weighted by atomic mass is 16.5. The Morgan fingerprint density at radius 2 is 2.17 bits per heavy atom. The molecule has 2 aliphatic rings. The van der Waals surface area contributed by atoms with Crippen molar-refractivity contribution in [2.45, 2.75) is 32.7 Å². The fourth-order valence-electron chi connectivity index (χ4n) is 3.96. The number of nitrogens with zero attached hydrogens (tertiary/aromatic N) is 3. The molecule has 0 aromatic carbocycles. The van der Waals surface area contributed by atoms with Gasteiger partial charge in [-0.25, -0.2) is 0 Å². The molecule has 1 aromatic heterocycles. The quantitative estimate of drug-likeness (QED) is 0.831. The zero-order chi connectivity index (χ0) is 16.3. The van der Waals surface area contributed by atoms with Crippen LogP contribution in [-0.2, 0) is 16.1 Å². The van der Waals surface area contributed by atoms with Crippen molar-refractivity contribution in [1.29, 1.82) is 0 Å². The highest BCUT2D eigenvalue weighted by molar-refractivity contribution is 5.84. The average molecular weight is 317 g/mol. The number of hydrogen-bond acceptors (Lipinski definition) is 4. The van der Waals surface area contributed by atoms with Gasteiger partial charge in [0, 0.05) is 39.0 Å². The van der Waals surface area contributed by atoms with E-state index < -0.39 is 0 Å². The van der Waals surface area contributed by atoms with Crippen molar-refractivity contribution in [1.82, 2.24) is 14.8 Å². The molecule has 0 bridgehead atoms. The SMILES string of the molecule is COCCN1CCC[C@]2(CCN(Cc3cccc(C)n3)C2)C1=O. The third-order valence-electron chi connectivity index (χ3n) is 5.15. The standard InChI is InChI=1S/C18H27N3O2/c1-15-5-3-6-16(19-15)13-20-10-8-18(14-20)7-4-9-21(17(18)22)11-12-23-2/h3,5-6H,4,7-14H2,1-2H3/t18-/m1/s1. The molecule has 23 heavy (non-hydrogen) atoms. The number of ether oxygens (including phenoxy) is 1. The van der Waals surface area contributed by atoms with Gasteiger partial charge in [0.05, 0.1) is 17.7 Å². The number of carbonyl (C=O) groups is 1. The third-order valence-corrected chi connectivity index (χ3v) is 5.15. The Hall–Kier alpha value is -1.46. The summed E-state index contributed by atoms with van der Waals surface area (Å²) >= 11 is 0. The Morgan fingerprint density at radius 1 is 1.30 bits per heavy atom. The number of hydrogen-bond donors (Lipinski definition) is 0. The highest BCUT2D eigenvalue weighted by Gasteiger charge is 2.48. The Balaban J connectivity index is 1.64. The van der Waals surface area contributed by atoms with E-state index >= 15 is 0 Å². The Labute approximate surface area is 138 Å². The van der Waals surface area contributed by atoms with E-state index in [2.05, 4.69) is 22.0 Å². The maximum Gasteiger partial charge on any atom is 0.230 e. The smallest absolute Gasteiger partial charge is 0.230 e. The predicted octanol–water partition coefficient (Wildman–Crippen LogP) is 1.85. The lowest BCUT2D eigenvalue weighted by Gasteiger charge is -2.39. The minimum absolute atomic E-state index is 0.171. The summed E-state index contributed by atoms with van der Waals surface area (Å²) in [4.78, 5) is 21.9. The van der Waals surface area contributed by atoms with Gasteiger partial charge in [-0.05, 0) is 44.9 Å². The lowest BCUT2D eigenvalue weighted by Crippen LogP contribution is -2.50. The van der Waals surface area contributed by atoms with Gasteiger partial charge >= 0.3 is 0 Å². The first-order valence-corrected chi connectivity index (χ1v) is 8.56. The first-order valence-electron chi connectivity index (χ1n) is 8.56. The van der Waals surface area contributed by atoms with E-state index in [-0.39, 0.29) is 5.41 Å². The summed E-state index contributed by atoms with van der Waals surface area (Å²) in [5.41, 5.74) is 1.98. The summed E-state index contributed by atoms with van der Waals surface area (Å²) in [6.07, 6.45) is 3.10. The van der Waals surface area contributed by atoms with E-state index in [1.54, 1.807) is 7.11 Å². The molecule has 0 unspecified atom stereocenters. The van der Waals surface area contributed by atoms with Crippen LogP contribution >= 0.6 is 0 Å². The zero-order valence-corrected chi connectivity index (χ0v) is 14.3. The number of aromatic nitrogens is 1. The fourth-order valence-corrected chi connectivity index (χ4v) is 3.96. The Kier molecular flexibility index (Phi) is 4.97. The fraction of sp³-hybridized carbons (Fsp3) is 0.667. The number of carbonyl (C=O) groups excluding carboxylic acids is 1. The molecule has 1 spiro atoms. The van der Waals surface area contributed by atoms with Crippen molar-refractivity contribution in [3.05, 3.63) is 29.6 Å². The molecule has 126 valence electrons. The van der Waals surface area contributed by atoms with E-state index in [4.69, 9.17) is 4.74 Å². The monoisotopic (exact) mass is 317 g/mol. The number of aryl methyl sites for hydroxylation is 1. The molecule has 0 N–H and O–H groups in total. The van der Waals surface area contributed by atoms with Gasteiger partial charge in [-0.2, -0.15) is 0 Å². The van der Waals surface area contributed by atoms with Gasteiger partial charge in [-0.3, -0.25) is 14.7 Å². The topological polar surface area (TPSA) is 45.7 Å². The molecule has 5 heteroatoms. The van der Waals surface area contributed by atoms with Crippen LogP contribution in [0.2, 0.25) is 0 Å². The molecular weight excluding hydrogens is 290 g/mol. The molecule has 3 rings (SSSR count). The van der Waals surface area contributed by atoms with E-state index in [1.807, 2.05) is 17.9 Å². The van der Waals surface area contributed by atoms with Crippen LogP contribution in [0.25, 0.3) is 0 Å². The van der Waals surface area contributed by atoms with Crippen LogP contribution in [0.5, 0.6) is 0 Å². The number of amides is 1. The lowest BCUT2D eigenvalue weighted by molar-refractivity contribution is -0.146. The van der Waals surface area contributed by atoms with Crippen LogP contribution in [0.1, 0.15) is 30.7 Å². The van der Waals surface area contributed by atoms with Crippen molar-refractivity contribution < 1.29 is 9.53 Å². The normalized spacial score (nSPS) is 25.5. The average Bonchev–Trinajstić information content (AvgIpc) is 2.93. The second-order valence-electron chi connectivity index (χ2n) is 6.90. The molecular formula is C18H27N3O2. The molecule has 0 aliphatic carbocycles. The first kappa shape index (κ1) is 16.4. The summed E-state index contributed by atoms with van der Waals surface area (Å²) < 4.78 is 5.14. The number of pyridine rings is 1. The zero-order valence-electron chi connectivity index (χ0n) is 14.3. The molecule has 0 radical (unpaired) electrons.